The van der Waals surface area contributed by atoms with Gasteiger partial charge >= 0.3 is 0 Å². The Morgan fingerprint density at radius 3 is 2.12 bits per heavy atom. The van der Waals surface area contributed by atoms with Crippen LogP contribution >= 0.6 is 0 Å². The summed E-state index contributed by atoms with van der Waals surface area (Å²) in [7, 11) is 0. The zero-order valence-electron chi connectivity index (χ0n) is 10.7. The highest BCUT2D eigenvalue weighted by Gasteiger charge is 2.45. The zero-order valence-corrected chi connectivity index (χ0v) is 10.7. The molecule has 16 heavy (non-hydrogen) atoms. The van der Waals surface area contributed by atoms with Gasteiger partial charge in [0.05, 0.1) is 0 Å². The number of nitrogens with zero attached hydrogens (tertiary/aromatic N) is 1. The maximum atomic E-state index is 12.4. The van der Waals surface area contributed by atoms with Crippen LogP contribution < -0.4 is 5.73 Å². The van der Waals surface area contributed by atoms with E-state index in [9.17, 15) is 4.79 Å². The molecule has 2 rings (SSSR count). The van der Waals surface area contributed by atoms with Gasteiger partial charge < -0.3 is 10.6 Å². The predicted octanol–water partition coefficient (Wildman–Crippen LogP) is 1.76. The summed E-state index contributed by atoms with van der Waals surface area (Å²) in [5.74, 6) is 0.969. The molecule has 2 saturated heterocycles. The molecule has 1 amide bonds. The van der Waals surface area contributed by atoms with E-state index in [0.29, 0.717) is 23.9 Å². The Hall–Kier alpha value is -0.570. The van der Waals surface area contributed by atoms with Crippen LogP contribution in [0.5, 0.6) is 0 Å². The predicted molar refractivity (Wildman–Crippen MR) is 64.9 cm³/mol. The Labute approximate surface area is 98.4 Å². The van der Waals surface area contributed by atoms with Crippen molar-refractivity contribution in [2.75, 3.05) is 6.54 Å². The van der Waals surface area contributed by atoms with Crippen LogP contribution in [0.25, 0.3) is 0 Å². The van der Waals surface area contributed by atoms with Gasteiger partial charge in [0.1, 0.15) is 0 Å². The highest BCUT2D eigenvalue weighted by molar-refractivity contribution is 5.82. The number of hydrogen-bond donors (Lipinski definition) is 1. The van der Waals surface area contributed by atoms with Crippen molar-refractivity contribution in [2.24, 2.45) is 17.1 Å². The largest absolute Gasteiger partial charge is 0.336 e. The van der Waals surface area contributed by atoms with Crippen molar-refractivity contribution in [2.45, 2.75) is 58.5 Å². The first-order chi connectivity index (χ1) is 7.43. The lowest BCUT2D eigenvalue weighted by atomic mass is 9.87. The second-order valence-electron chi connectivity index (χ2n) is 6.42. The van der Waals surface area contributed by atoms with Gasteiger partial charge in [-0.05, 0) is 38.1 Å². The first-order valence-corrected chi connectivity index (χ1v) is 6.46. The molecule has 2 atom stereocenters. The van der Waals surface area contributed by atoms with Gasteiger partial charge in [-0.25, -0.2) is 0 Å². The van der Waals surface area contributed by atoms with E-state index in [1.54, 1.807) is 0 Å². The molecule has 2 N–H and O–H groups in total. The number of amides is 1. The number of nitrogens with two attached hydrogens (primary N) is 1. The molecule has 0 spiro atoms. The molecule has 3 heteroatoms. The Balaban J connectivity index is 2.12. The molecule has 0 unspecified atom stereocenters. The lowest BCUT2D eigenvalue weighted by molar-refractivity contribution is -0.144. The first kappa shape index (κ1) is 11.9. The van der Waals surface area contributed by atoms with E-state index in [1.165, 1.54) is 12.8 Å². The summed E-state index contributed by atoms with van der Waals surface area (Å²) >= 11 is 0. The third kappa shape index (κ3) is 1.97. The first-order valence-electron chi connectivity index (χ1n) is 6.46. The fraction of sp³-hybridized carbons (Fsp3) is 0.923. The molecule has 0 saturated carbocycles. The van der Waals surface area contributed by atoms with E-state index in [0.717, 1.165) is 19.4 Å². The highest BCUT2D eigenvalue weighted by atomic mass is 16.2. The molecule has 0 aromatic heterocycles. The van der Waals surface area contributed by atoms with Crippen molar-refractivity contribution in [3.8, 4) is 0 Å². The second kappa shape index (κ2) is 4.02. The zero-order chi connectivity index (χ0) is 11.9. The van der Waals surface area contributed by atoms with E-state index >= 15 is 0 Å². The lowest BCUT2D eigenvalue weighted by Gasteiger charge is -2.41. The molecule has 2 fully saturated rings. The lowest BCUT2D eigenvalue weighted by Crippen LogP contribution is -2.51. The standard InChI is InChI=1S/C13H24N2O/c1-13(2,3)12(16)15-10-4-5-11(15)7-9(6-10)8-14/h9-11H,4-8,14H2,1-3H3/t10-,11-/m0/s1. The van der Waals surface area contributed by atoms with Crippen molar-refractivity contribution in [1.82, 2.24) is 4.90 Å². The van der Waals surface area contributed by atoms with Crippen LogP contribution in [0, 0.1) is 11.3 Å². The van der Waals surface area contributed by atoms with Crippen LogP contribution in [0.1, 0.15) is 46.5 Å². The third-order valence-electron chi connectivity index (χ3n) is 4.04. The Morgan fingerprint density at radius 2 is 1.75 bits per heavy atom. The van der Waals surface area contributed by atoms with Crippen LogP contribution in [0.4, 0.5) is 0 Å². The van der Waals surface area contributed by atoms with Gasteiger partial charge in [0.25, 0.3) is 0 Å². The monoisotopic (exact) mass is 224 g/mol. The molecule has 0 aromatic rings. The molecule has 0 aromatic carbocycles. The summed E-state index contributed by atoms with van der Waals surface area (Å²) in [4.78, 5) is 14.5. The number of hydrogen-bond acceptors (Lipinski definition) is 2. The Kier molecular flexibility index (Phi) is 2.99. The number of rotatable bonds is 1. The van der Waals surface area contributed by atoms with Gasteiger partial charge in [-0.15, -0.1) is 0 Å². The molecular weight excluding hydrogens is 200 g/mol. The summed E-state index contributed by atoms with van der Waals surface area (Å²) in [5.41, 5.74) is 5.52. The van der Waals surface area contributed by atoms with Crippen molar-refractivity contribution in [3.05, 3.63) is 0 Å². The number of piperidine rings is 1. The molecular formula is C13H24N2O. The fourth-order valence-corrected chi connectivity index (χ4v) is 3.20. The Bertz CT molecular complexity index is 268. The fourth-order valence-electron chi connectivity index (χ4n) is 3.20. The topological polar surface area (TPSA) is 46.3 Å². The minimum absolute atomic E-state index is 0.240. The Morgan fingerprint density at radius 1 is 1.25 bits per heavy atom. The second-order valence-corrected chi connectivity index (χ2v) is 6.42. The van der Waals surface area contributed by atoms with E-state index in [1.807, 2.05) is 20.8 Å². The average Bonchev–Trinajstić information content (AvgIpc) is 2.46. The summed E-state index contributed by atoms with van der Waals surface area (Å²) in [6.07, 6.45) is 4.61. The SMILES string of the molecule is CC(C)(C)C(=O)N1[C@H]2CC[C@H]1CC(CN)C2. The molecule has 2 bridgehead atoms. The van der Waals surface area contributed by atoms with E-state index in [-0.39, 0.29) is 5.41 Å². The van der Waals surface area contributed by atoms with E-state index in [4.69, 9.17) is 5.73 Å². The minimum Gasteiger partial charge on any atom is -0.336 e. The smallest absolute Gasteiger partial charge is 0.228 e. The van der Waals surface area contributed by atoms with Gasteiger partial charge in [0, 0.05) is 17.5 Å². The molecule has 2 heterocycles. The maximum Gasteiger partial charge on any atom is 0.228 e. The normalized spacial score (nSPS) is 34.2. The van der Waals surface area contributed by atoms with Crippen LogP contribution in [-0.2, 0) is 4.79 Å². The minimum atomic E-state index is -0.240. The van der Waals surface area contributed by atoms with Crippen molar-refractivity contribution >= 4 is 5.91 Å². The van der Waals surface area contributed by atoms with Crippen LogP contribution in [0.15, 0.2) is 0 Å². The van der Waals surface area contributed by atoms with Gasteiger partial charge in [0.15, 0.2) is 0 Å². The number of carbonyl (C=O) groups is 1. The summed E-state index contributed by atoms with van der Waals surface area (Å²) in [6, 6.07) is 0.943. The van der Waals surface area contributed by atoms with Crippen LogP contribution in [0.3, 0.4) is 0 Å². The van der Waals surface area contributed by atoms with Crippen LogP contribution in [0.2, 0.25) is 0 Å². The number of fused-ring (bicyclic) bond motifs is 2. The molecule has 92 valence electrons. The van der Waals surface area contributed by atoms with E-state index < -0.39 is 0 Å². The summed E-state index contributed by atoms with van der Waals surface area (Å²) < 4.78 is 0. The molecule has 3 nitrogen and oxygen atoms in total. The molecule has 2 aliphatic heterocycles. The maximum absolute atomic E-state index is 12.4. The van der Waals surface area contributed by atoms with Crippen molar-refractivity contribution in [3.63, 3.8) is 0 Å². The van der Waals surface area contributed by atoms with Gasteiger partial charge in [0.2, 0.25) is 5.91 Å². The van der Waals surface area contributed by atoms with Crippen molar-refractivity contribution < 1.29 is 4.79 Å². The highest BCUT2D eigenvalue weighted by Crippen LogP contribution is 2.40. The van der Waals surface area contributed by atoms with Gasteiger partial charge in [-0.1, -0.05) is 20.8 Å². The van der Waals surface area contributed by atoms with Crippen molar-refractivity contribution in [1.29, 1.82) is 0 Å². The number of carbonyl (C=O) groups excluding carboxylic acids is 1. The summed E-state index contributed by atoms with van der Waals surface area (Å²) in [6.45, 7) is 6.84. The van der Waals surface area contributed by atoms with Gasteiger partial charge in [-0.3, -0.25) is 4.79 Å². The summed E-state index contributed by atoms with van der Waals surface area (Å²) in [5, 5.41) is 0. The average molecular weight is 224 g/mol. The van der Waals surface area contributed by atoms with Gasteiger partial charge in [-0.2, -0.15) is 0 Å². The molecule has 0 aliphatic carbocycles. The quantitative estimate of drug-likeness (QED) is 0.737. The molecule has 2 aliphatic rings. The molecule has 0 radical (unpaired) electrons. The van der Waals surface area contributed by atoms with E-state index in [2.05, 4.69) is 4.90 Å². The third-order valence-corrected chi connectivity index (χ3v) is 4.04. The van der Waals surface area contributed by atoms with Crippen LogP contribution in [-0.4, -0.2) is 29.4 Å².